The standard InChI is InChI=1S/C21H35BrO5/c1-14-8-9-17-15(2)20(4,23-13-7-5-6-12-22)25-18-21(17)16(14)10-11-19(3,24-18)26-27-21/h14-18H,5-13H2,1-4H3/t14-,15-,16?,17+,18+,19+,20+,21-/m1/s1. The predicted octanol–water partition coefficient (Wildman–Crippen LogP) is 5.17. The second-order valence-electron chi connectivity index (χ2n) is 9.43. The maximum Gasteiger partial charge on any atom is 0.201 e. The summed E-state index contributed by atoms with van der Waals surface area (Å²) in [6.45, 7) is 9.37. The lowest BCUT2D eigenvalue weighted by molar-refractivity contribution is -0.585. The maximum absolute atomic E-state index is 6.59. The van der Waals surface area contributed by atoms with Gasteiger partial charge in [-0.3, -0.25) is 0 Å². The summed E-state index contributed by atoms with van der Waals surface area (Å²) >= 11 is 3.49. The van der Waals surface area contributed by atoms with Gasteiger partial charge in [0.1, 0.15) is 0 Å². The summed E-state index contributed by atoms with van der Waals surface area (Å²) in [5.74, 6) is 0.139. The van der Waals surface area contributed by atoms with Crippen LogP contribution in [0.3, 0.4) is 0 Å². The number of hydrogen-bond acceptors (Lipinski definition) is 5. The first-order chi connectivity index (χ1) is 12.8. The molecule has 6 heteroatoms. The van der Waals surface area contributed by atoms with Gasteiger partial charge >= 0.3 is 0 Å². The van der Waals surface area contributed by atoms with Gasteiger partial charge in [0, 0.05) is 23.6 Å². The molecule has 0 N–H and O–H groups in total. The Morgan fingerprint density at radius 1 is 0.963 bits per heavy atom. The molecular formula is C21H35BrO5. The van der Waals surface area contributed by atoms with Gasteiger partial charge in [-0.1, -0.05) is 36.2 Å². The molecule has 4 aliphatic heterocycles. The average molecular weight is 447 g/mol. The van der Waals surface area contributed by atoms with Crippen molar-refractivity contribution in [3.05, 3.63) is 0 Å². The summed E-state index contributed by atoms with van der Waals surface area (Å²) in [5, 5.41) is 1.05. The summed E-state index contributed by atoms with van der Waals surface area (Å²) in [7, 11) is 0. The molecule has 2 bridgehead atoms. The second kappa shape index (κ2) is 7.51. The fraction of sp³-hybridized carbons (Fsp3) is 1.00. The third-order valence-electron chi connectivity index (χ3n) is 7.71. The smallest absolute Gasteiger partial charge is 0.201 e. The van der Waals surface area contributed by atoms with E-state index in [0.717, 1.165) is 44.0 Å². The van der Waals surface area contributed by atoms with E-state index in [1.807, 2.05) is 6.92 Å². The molecule has 5 aliphatic rings. The largest absolute Gasteiger partial charge is 0.350 e. The molecule has 27 heavy (non-hydrogen) atoms. The molecule has 0 aromatic heterocycles. The fourth-order valence-corrected chi connectivity index (χ4v) is 6.28. The van der Waals surface area contributed by atoms with E-state index >= 15 is 0 Å². The number of alkyl halides is 1. The first-order valence-corrected chi connectivity index (χ1v) is 11.9. The monoisotopic (exact) mass is 446 g/mol. The fourth-order valence-electron chi connectivity index (χ4n) is 5.88. The van der Waals surface area contributed by atoms with Crippen LogP contribution >= 0.6 is 15.9 Å². The van der Waals surface area contributed by atoms with E-state index in [2.05, 4.69) is 36.7 Å². The SMILES string of the molecule is C[C@@H]1CC[C@H]2[C@@H](C)[C@@](C)(OCCCCCBr)O[C@@H]3O[C@]4(C)CCC1[C@]32OO4. The molecular weight excluding hydrogens is 412 g/mol. The Morgan fingerprint density at radius 2 is 1.78 bits per heavy atom. The van der Waals surface area contributed by atoms with Crippen LogP contribution in [0.1, 0.15) is 72.6 Å². The van der Waals surface area contributed by atoms with Crippen molar-refractivity contribution in [1.82, 2.24) is 0 Å². The number of ether oxygens (including phenoxy) is 3. The first-order valence-electron chi connectivity index (χ1n) is 10.8. The number of rotatable bonds is 6. The molecule has 0 amide bonds. The van der Waals surface area contributed by atoms with E-state index in [9.17, 15) is 0 Å². The van der Waals surface area contributed by atoms with Crippen LogP contribution in [0.5, 0.6) is 0 Å². The van der Waals surface area contributed by atoms with E-state index in [0.29, 0.717) is 17.8 Å². The molecule has 5 nitrogen and oxygen atoms in total. The Hall–Kier alpha value is 0.280. The van der Waals surface area contributed by atoms with Crippen LogP contribution in [0.4, 0.5) is 0 Å². The molecule has 0 aromatic rings. The zero-order chi connectivity index (χ0) is 19.3. The predicted molar refractivity (Wildman–Crippen MR) is 105 cm³/mol. The van der Waals surface area contributed by atoms with Gasteiger partial charge in [-0.25, -0.2) is 9.78 Å². The van der Waals surface area contributed by atoms with Gasteiger partial charge in [0.05, 0.1) is 6.61 Å². The Morgan fingerprint density at radius 3 is 2.56 bits per heavy atom. The summed E-state index contributed by atoms with van der Waals surface area (Å²) in [6, 6.07) is 0. The van der Waals surface area contributed by atoms with Crippen molar-refractivity contribution in [1.29, 1.82) is 0 Å². The van der Waals surface area contributed by atoms with Crippen molar-refractivity contribution in [2.24, 2.45) is 23.7 Å². The minimum Gasteiger partial charge on any atom is -0.350 e. The first kappa shape index (κ1) is 20.5. The summed E-state index contributed by atoms with van der Waals surface area (Å²) < 4.78 is 19.4. The highest BCUT2D eigenvalue weighted by Gasteiger charge is 2.71. The van der Waals surface area contributed by atoms with Crippen molar-refractivity contribution in [3.8, 4) is 0 Å². The molecule has 156 valence electrons. The minimum absolute atomic E-state index is 0.217. The van der Waals surface area contributed by atoms with Crippen molar-refractivity contribution in [3.63, 3.8) is 0 Å². The van der Waals surface area contributed by atoms with Gasteiger partial charge in [0.2, 0.25) is 5.79 Å². The second-order valence-corrected chi connectivity index (χ2v) is 10.2. The number of fused-ring (bicyclic) bond motifs is 2. The van der Waals surface area contributed by atoms with Gasteiger partial charge in [-0.15, -0.1) is 0 Å². The molecule has 5 rings (SSSR count). The zero-order valence-corrected chi connectivity index (χ0v) is 18.8. The van der Waals surface area contributed by atoms with E-state index in [1.54, 1.807) is 0 Å². The summed E-state index contributed by atoms with van der Waals surface area (Å²) in [4.78, 5) is 12.1. The lowest BCUT2D eigenvalue weighted by atomic mass is 9.57. The number of unbranched alkanes of at least 4 members (excludes halogenated alkanes) is 2. The van der Waals surface area contributed by atoms with E-state index in [1.165, 1.54) is 12.8 Å². The highest BCUT2D eigenvalue weighted by molar-refractivity contribution is 9.09. The van der Waals surface area contributed by atoms with Crippen LogP contribution in [-0.2, 0) is 24.0 Å². The topological polar surface area (TPSA) is 46.2 Å². The van der Waals surface area contributed by atoms with Crippen LogP contribution in [-0.4, -0.2) is 35.4 Å². The van der Waals surface area contributed by atoms with Gasteiger partial charge in [0.15, 0.2) is 17.7 Å². The normalized spacial score (nSPS) is 51.7. The quantitative estimate of drug-likeness (QED) is 0.320. The van der Waals surface area contributed by atoms with Gasteiger partial charge in [-0.05, 0) is 57.8 Å². The Kier molecular flexibility index (Phi) is 5.72. The molecule has 0 radical (unpaired) electrons. The van der Waals surface area contributed by atoms with Crippen molar-refractivity contribution < 1.29 is 24.0 Å². The maximum atomic E-state index is 6.59. The van der Waals surface area contributed by atoms with E-state index in [4.69, 9.17) is 24.0 Å². The minimum atomic E-state index is -0.727. The highest BCUT2D eigenvalue weighted by atomic mass is 79.9. The van der Waals surface area contributed by atoms with E-state index in [-0.39, 0.29) is 5.92 Å². The van der Waals surface area contributed by atoms with Gasteiger partial charge in [-0.2, -0.15) is 0 Å². The highest BCUT2D eigenvalue weighted by Crippen LogP contribution is 2.62. The Bertz CT molecular complexity index is 547. The lowest BCUT2D eigenvalue weighted by Gasteiger charge is -2.62. The molecule has 8 atom stereocenters. The van der Waals surface area contributed by atoms with Crippen molar-refractivity contribution in [2.75, 3.05) is 11.9 Å². The van der Waals surface area contributed by atoms with Crippen LogP contribution in [0, 0.1) is 23.7 Å². The van der Waals surface area contributed by atoms with Gasteiger partial charge < -0.3 is 14.2 Å². The third-order valence-corrected chi connectivity index (χ3v) is 8.27. The number of halogens is 1. The van der Waals surface area contributed by atoms with Crippen LogP contribution in [0.25, 0.3) is 0 Å². The lowest BCUT2D eigenvalue weighted by Crippen LogP contribution is -2.72. The molecule has 4 saturated heterocycles. The Labute approximate surface area is 171 Å². The molecule has 1 unspecified atom stereocenters. The summed E-state index contributed by atoms with van der Waals surface area (Å²) in [6.07, 6.45) is 7.18. The average Bonchev–Trinajstić information content (AvgIpc) is 2.86. The van der Waals surface area contributed by atoms with Crippen LogP contribution in [0.2, 0.25) is 0 Å². The van der Waals surface area contributed by atoms with Crippen LogP contribution < -0.4 is 0 Å². The Balaban J connectivity index is 1.58. The molecule has 0 aromatic carbocycles. The van der Waals surface area contributed by atoms with Crippen LogP contribution in [0.15, 0.2) is 0 Å². The van der Waals surface area contributed by atoms with Crippen molar-refractivity contribution in [2.45, 2.75) is 96.1 Å². The molecule has 1 spiro atoms. The van der Waals surface area contributed by atoms with Crippen molar-refractivity contribution >= 4 is 15.9 Å². The molecule has 1 saturated carbocycles. The third kappa shape index (κ3) is 3.32. The molecule has 4 heterocycles. The summed E-state index contributed by atoms with van der Waals surface area (Å²) in [5.41, 5.74) is -0.508. The molecule has 1 aliphatic carbocycles. The number of hydrogen-bond donors (Lipinski definition) is 0. The van der Waals surface area contributed by atoms with E-state index < -0.39 is 23.5 Å². The molecule has 5 fully saturated rings. The zero-order valence-electron chi connectivity index (χ0n) is 17.2. The van der Waals surface area contributed by atoms with Gasteiger partial charge in [0.25, 0.3) is 0 Å².